The van der Waals surface area contributed by atoms with E-state index in [4.69, 9.17) is 0 Å². The van der Waals surface area contributed by atoms with Crippen molar-refractivity contribution in [2.24, 2.45) is 0 Å². The van der Waals surface area contributed by atoms with Crippen LogP contribution in [0.15, 0.2) is 76.0 Å². The van der Waals surface area contributed by atoms with E-state index >= 15 is 0 Å². The molecule has 3 nitrogen and oxygen atoms in total. The van der Waals surface area contributed by atoms with E-state index in [2.05, 4.69) is 28.6 Å². The number of nitrogens with zero attached hydrogens (tertiary/aromatic N) is 1. The van der Waals surface area contributed by atoms with Crippen molar-refractivity contribution in [1.82, 2.24) is 4.90 Å². The van der Waals surface area contributed by atoms with Gasteiger partial charge in [0, 0.05) is 17.6 Å². The third-order valence-corrected chi connectivity index (χ3v) is 7.52. The SMILES string of the molecule is CCc1cccc(S(=O)(=O)c2ccc(CN3C=Cc4ccsc4C3)cc2)c1. The van der Waals surface area contributed by atoms with Crippen molar-refractivity contribution in [2.75, 3.05) is 0 Å². The Balaban J connectivity index is 1.52. The average Bonchev–Trinajstić information content (AvgIpc) is 3.16. The highest BCUT2D eigenvalue weighted by molar-refractivity contribution is 7.91. The van der Waals surface area contributed by atoms with Crippen LogP contribution in [0.25, 0.3) is 6.08 Å². The molecule has 4 rings (SSSR count). The molecule has 0 fully saturated rings. The Morgan fingerprint density at radius 1 is 1.00 bits per heavy atom. The smallest absolute Gasteiger partial charge is 0.206 e. The zero-order chi connectivity index (χ0) is 18.9. The number of hydrogen-bond acceptors (Lipinski definition) is 4. The summed E-state index contributed by atoms with van der Waals surface area (Å²) in [6.45, 7) is 3.68. The second kappa shape index (κ2) is 7.33. The van der Waals surface area contributed by atoms with Gasteiger partial charge in [0.2, 0.25) is 9.84 Å². The normalized spacial score (nSPS) is 13.6. The molecule has 1 aliphatic heterocycles. The number of aryl methyl sites for hydroxylation is 1. The van der Waals surface area contributed by atoms with Crippen molar-refractivity contribution in [1.29, 1.82) is 0 Å². The molecule has 2 heterocycles. The van der Waals surface area contributed by atoms with Gasteiger partial charge in [-0.15, -0.1) is 11.3 Å². The third kappa shape index (κ3) is 3.70. The molecule has 138 valence electrons. The first-order valence-corrected chi connectivity index (χ1v) is 11.3. The van der Waals surface area contributed by atoms with Gasteiger partial charge in [-0.05, 0) is 64.9 Å². The molecule has 0 atom stereocenters. The Kier molecular flexibility index (Phi) is 4.89. The number of rotatable bonds is 5. The summed E-state index contributed by atoms with van der Waals surface area (Å²) in [6.07, 6.45) is 5.06. The minimum absolute atomic E-state index is 0.342. The van der Waals surface area contributed by atoms with Crippen molar-refractivity contribution < 1.29 is 8.42 Å². The van der Waals surface area contributed by atoms with Crippen LogP contribution in [0.5, 0.6) is 0 Å². The maximum Gasteiger partial charge on any atom is 0.206 e. The van der Waals surface area contributed by atoms with E-state index in [-0.39, 0.29) is 0 Å². The first-order valence-electron chi connectivity index (χ1n) is 8.98. The molecular weight excluding hydrogens is 374 g/mol. The lowest BCUT2D eigenvalue weighted by Gasteiger charge is -2.23. The van der Waals surface area contributed by atoms with Crippen molar-refractivity contribution in [3.05, 3.63) is 87.7 Å². The second-order valence-electron chi connectivity index (χ2n) is 6.67. The van der Waals surface area contributed by atoms with Crippen LogP contribution >= 0.6 is 11.3 Å². The molecule has 0 saturated heterocycles. The highest BCUT2D eigenvalue weighted by atomic mass is 32.2. The zero-order valence-corrected chi connectivity index (χ0v) is 16.8. The molecule has 0 saturated carbocycles. The summed E-state index contributed by atoms with van der Waals surface area (Å²) in [5, 5.41) is 2.12. The number of thiophene rings is 1. The molecule has 1 aliphatic rings. The van der Waals surface area contributed by atoms with E-state index in [1.165, 1.54) is 10.4 Å². The first kappa shape index (κ1) is 18.0. The van der Waals surface area contributed by atoms with Gasteiger partial charge in [0.15, 0.2) is 0 Å². The first-order chi connectivity index (χ1) is 13.1. The van der Waals surface area contributed by atoms with Crippen LogP contribution in [0.1, 0.15) is 28.5 Å². The predicted molar refractivity (Wildman–Crippen MR) is 110 cm³/mol. The maximum atomic E-state index is 12.9. The number of hydrogen-bond donors (Lipinski definition) is 0. The minimum atomic E-state index is -3.48. The monoisotopic (exact) mass is 395 g/mol. The Hall–Kier alpha value is -2.37. The number of sulfone groups is 1. The molecule has 1 aromatic heterocycles. The van der Waals surface area contributed by atoms with Gasteiger partial charge in [-0.1, -0.05) is 31.2 Å². The fourth-order valence-electron chi connectivity index (χ4n) is 3.24. The van der Waals surface area contributed by atoms with Gasteiger partial charge >= 0.3 is 0 Å². The maximum absolute atomic E-state index is 12.9. The van der Waals surface area contributed by atoms with Gasteiger partial charge in [0.1, 0.15) is 0 Å². The third-order valence-electron chi connectivity index (χ3n) is 4.83. The molecule has 27 heavy (non-hydrogen) atoms. The molecule has 0 spiro atoms. The van der Waals surface area contributed by atoms with E-state index in [9.17, 15) is 8.42 Å². The van der Waals surface area contributed by atoms with Crippen LogP contribution in [0, 0.1) is 0 Å². The molecular formula is C22H21NO2S2. The van der Waals surface area contributed by atoms with Crippen LogP contribution in [-0.4, -0.2) is 13.3 Å². The van der Waals surface area contributed by atoms with E-state index in [0.717, 1.165) is 30.6 Å². The van der Waals surface area contributed by atoms with Gasteiger partial charge < -0.3 is 4.90 Å². The van der Waals surface area contributed by atoms with Crippen molar-refractivity contribution in [3.8, 4) is 0 Å². The fraction of sp³-hybridized carbons (Fsp3) is 0.182. The number of fused-ring (bicyclic) bond motifs is 1. The van der Waals surface area contributed by atoms with Crippen molar-refractivity contribution >= 4 is 27.3 Å². The van der Waals surface area contributed by atoms with Gasteiger partial charge in [0.05, 0.1) is 16.3 Å². The predicted octanol–water partition coefficient (Wildman–Crippen LogP) is 5.13. The summed E-state index contributed by atoms with van der Waals surface area (Å²) in [5.41, 5.74) is 3.42. The molecule has 0 amide bonds. The molecule has 0 unspecified atom stereocenters. The minimum Gasteiger partial charge on any atom is -0.368 e. The van der Waals surface area contributed by atoms with Gasteiger partial charge in [0.25, 0.3) is 0 Å². The molecule has 0 bridgehead atoms. The summed E-state index contributed by atoms with van der Waals surface area (Å²) in [4.78, 5) is 4.31. The standard InChI is InChI=1S/C22H21NO2S2/c1-2-17-4-3-5-21(14-17)27(24,25)20-8-6-18(7-9-20)15-23-12-10-19-11-13-26-22(19)16-23/h3-14H,2,15-16H2,1H3. The molecule has 5 heteroatoms. The molecule has 3 aromatic rings. The Morgan fingerprint density at radius 3 is 2.59 bits per heavy atom. The summed E-state index contributed by atoms with van der Waals surface area (Å²) < 4.78 is 25.8. The Morgan fingerprint density at radius 2 is 1.81 bits per heavy atom. The van der Waals surface area contributed by atoms with Crippen molar-refractivity contribution in [2.45, 2.75) is 36.2 Å². The Bertz CT molecular complexity index is 1080. The second-order valence-corrected chi connectivity index (χ2v) is 9.62. The lowest BCUT2D eigenvalue weighted by atomic mass is 10.1. The van der Waals surface area contributed by atoms with Crippen LogP contribution in [-0.2, 0) is 29.3 Å². The zero-order valence-electron chi connectivity index (χ0n) is 15.1. The summed E-state index contributed by atoms with van der Waals surface area (Å²) in [5.74, 6) is 0. The lowest BCUT2D eigenvalue weighted by molar-refractivity contribution is 0.363. The molecule has 0 N–H and O–H groups in total. The quantitative estimate of drug-likeness (QED) is 0.601. The van der Waals surface area contributed by atoms with E-state index in [1.807, 2.05) is 31.2 Å². The topological polar surface area (TPSA) is 37.4 Å². The molecule has 2 aromatic carbocycles. The molecule has 0 aliphatic carbocycles. The fourth-order valence-corrected chi connectivity index (χ4v) is 5.46. The van der Waals surface area contributed by atoms with Crippen LogP contribution < -0.4 is 0 Å². The van der Waals surface area contributed by atoms with E-state index < -0.39 is 9.84 Å². The van der Waals surface area contributed by atoms with Gasteiger partial charge in [-0.25, -0.2) is 8.42 Å². The highest BCUT2D eigenvalue weighted by Crippen LogP contribution is 2.27. The van der Waals surface area contributed by atoms with Crippen LogP contribution in [0.2, 0.25) is 0 Å². The summed E-state index contributed by atoms with van der Waals surface area (Å²) >= 11 is 1.77. The van der Waals surface area contributed by atoms with E-state index in [1.54, 1.807) is 35.6 Å². The number of benzene rings is 2. The average molecular weight is 396 g/mol. The Labute approximate surface area is 164 Å². The lowest BCUT2D eigenvalue weighted by Crippen LogP contribution is -2.18. The van der Waals surface area contributed by atoms with Gasteiger partial charge in [-0.2, -0.15) is 0 Å². The van der Waals surface area contributed by atoms with Crippen LogP contribution in [0.3, 0.4) is 0 Å². The van der Waals surface area contributed by atoms with Gasteiger partial charge in [-0.3, -0.25) is 0 Å². The van der Waals surface area contributed by atoms with Crippen molar-refractivity contribution in [3.63, 3.8) is 0 Å². The summed E-state index contributed by atoms with van der Waals surface area (Å²) in [7, 11) is -3.48. The van der Waals surface area contributed by atoms with E-state index in [0.29, 0.717) is 9.79 Å². The summed E-state index contributed by atoms with van der Waals surface area (Å²) in [6, 6.07) is 16.6. The van der Waals surface area contributed by atoms with Crippen LogP contribution in [0.4, 0.5) is 0 Å². The largest absolute Gasteiger partial charge is 0.368 e. The highest BCUT2D eigenvalue weighted by Gasteiger charge is 2.18. The molecule has 0 radical (unpaired) electrons.